The van der Waals surface area contributed by atoms with Crippen LogP contribution in [0, 0.1) is 0 Å². The van der Waals surface area contributed by atoms with E-state index in [0.29, 0.717) is 11.6 Å². The second kappa shape index (κ2) is 3.92. The molecule has 0 radical (unpaired) electrons. The molecular weight excluding hydrogens is 196 g/mol. The quantitative estimate of drug-likeness (QED) is 0.695. The lowest BCUT2D eigenvalue weighted by Gasteiger charge is -2.07. The zero-order valence-corrected chi connectivity index (χ0v) is 8.38. The summed E-state index contributed by atoms with van der Waals surface area (Å²) < 4.78 is 0. The smallest absolute Gasteiger partial charge is 0.323 e. The predicted octanol–water partition coefficient (Wildman–Crippen LogP) is 0.988. The van der Waals surface area contributed by atoms with Gasteiger partial charge in [0, 0.05) is 11.6 Å². The lowest BCUT2D eigenvalue weighted by atomic mass is 10.0. The van der Waals surface area contributed by atoms with Crippen molar-refractivity contribution < 1.29 is 9.90 Å². The number of nitrogens with one attached hydrogen (secondary N) is 2. The van der Waals surface area contributed by atoms with Gasteiger partial charge in [0.25, 0.3) is 0 Å². The second-order valence-corrected chi connectivity index (χ2v) is 4.02. The van der Waals surface area contributed by atoms with E-state index in [-0.39, 0.29) is 12.1 Å². The normalized spacial score (nSPS) is 17.1. The first kappa shape index (κ1) is 10.0. The van der Waals surface area contributed by atoms with Crippen molar-refractivity contribution in [3.8, 4) is 0 Å². The fraction of sp³-hybridized carbons (Fsp3) is 0.600. The molecule has 1 aromatic heterocycles. The van der Waals surface area contributed by atoms with Crippen LogP contribution in [0.3, 0.4) is 0 Å². The third-order valence-electron chi connectivity index (χ3n) is 2.93. The van der Waals surface area contributed by atoms with E-state index in [1.807, 2.05) is 0 Å². The average molecular weight is 210 g/mol. The van der Waals surface area contributed by atoms with E-state index in [1.165, 1.54) is 0 Å². The van der Waals surface area contributed by atoms with Crippen molar-refractivity contribution in [2.75, 3.05) is 0 Å². The molecule has 0 aliphatic heterocycles. The number of aromatic amines is 2. The van der Waals surface area contributed by atoms with Gasteiger partial charge in [-0.25, -0.2) is 4.79 Å². The molecule has 0 amide bonds. The fourth-order valence-corrected chi connectivity index (χ4v) is 2.29. The van der Waals surface area contributed by atoms with Crippen LogP contribution in [0.1, 0.15) is 43.0 Å². The number of imidazole rings is 1. The molecule has 1 heterocycles. The van der Waals surface area contributed by atoms with E-state index >= 15 is 0 Å². The Bertz CT molecular complexity index is 413. The number of hydrogen-bond acceptors (Lipinski definition) is 2. The fourth-order valence-electron chi connectivity index (χ4n) is 2.29. The Labute approximate surface area is 86.5 Å². The minimum atomic E-state index is -0.913. The Kier molecular flexibility index (Phi) is 2.62. The molecule has 0 atom stereocenters. The maximum absolute atomic E-state index is 11.1. The summed E-state index contributed by atoms with van der Waals surface area (Å²) in [6.07, 6.45) is 4.29. The Balaban J connectivity index is 2.28. The SMILES string of the molecule is O=C(O)Cc1[nH]c(=O)[nH]c1C1CCCC1. The molecule has 1 aliphatic carbocycles. The van der Waals surface area contributed by atoms with Gasteiger partial charge in [0.2, 0.25) is 0 Å². The van der Waals surface area contributed by atoms with E-state index in [9.17, 15) is 9.59 Å². The molecule has 82 valence electrons. The van der Waals surface area contributed by atoms with Gasteiger partial charge in [-0.2, -0.15) is 0 Å². The van der Waals surface area contributed by atoms with Crippen molar-refractivity contribution in [1.29, 1.82) is 0 Å². The molecule has 1 fully saturated rings. The summed E-state index contributed by atoms with van der Waals surface area (Å²) in [5, 5.41) is 8.71. The second-order valence-electron chi connectivity index (χ2n) is 4.02. The van der Waals surface area contributed by atoms with Gasteiger partial charge in [-0.1, -0.05) is 12.8 Å². The largest absolute Gasteiger partial charge is 0.481 e. The van der Waals surface area contributed by atoms with Gasteiger partial charge in [0.1, 0.15) is 0 Å². The molecule has 5 nitrogen and oxygen atoms in total. The number of carbonyl (C=O) groups is 1. The zero-order valence-electron chi connectivity index (χ0n) is 8.38. The lowest BCUT2D eigenvalue weighted by Crippen LogP contribution is -2.05. The lowest BCUT2D eigenvalue weighted by molar-refractivity contribution is -0.136. The maximum Gasteiger partial charge on any atom is 0.323 e. The molecule has 1 aliphatic rings. The Morgan fingerprint density at radius 2 is 2.00 bits per heavy atom. The third kappa shape index (κ3) is 2.11. The first-order valence-corrected chi connectivity index (χ1v) is 5.19. The Morgan fingerprint density at radius 3 is 2.60 bits per heavy atom. The minimum Gasteiger partial charge on any atom is -0.481 e. The van der Waals surface area contributed by atoms with Gasteiger partial charge in [-0.15, -0.1) is 0 Å². The molecule has 0 bridgehead atoms. The van der Waals surface area contributed by atoms with Crippen LogP contribution in [-0.4, -0.2) is 21.0 Å². The summed E-state index contributed by atoms with van der Waals surface area (Å²) in [7, 11) is 0. The molecule has 0 unspecified atom stereocenters. The van der Waals surface area contributed by atoms with Gasteiger partial charge in [0.05, 0.1) is 12.1 Å². The molecule has 0 saturated heterocycles. The summed E-state index contributed by atoms with van der Waals surface area (Å²) in [6.45, 7) is 0. The van der Waals surface area contributed by atoms with Crippen LogP contribution in [0.2, 0.25) is 0 Å². The van der Waals surface area contributed by atoms with Gasteiger partial charge in [-0.05, 0) is 12.8 Å². The molecule has 3 N–H and O–H groups in total. The van der Waals surface area contributed by atoms with Crippen LogP contribution in [0.4, 0.5) is 0 Å². The first-order chi connectivity index (χ1) is 7.16. The topological polar surface area (TPSA) is 85.9 Å². The van der Waals surface area contributed by atoms with E-state index < -0.39 is 5.97 Å². The molecular formula is C10H14N2O3. The summed E-state index contributed by atoms with van der Waals surface area (Å²) in [4.78, 5) is 27.0. The van der Waals surface area contributed by atoms with Crippen LogP contribution < -0.4 is 5.69 Å². The summed E-state index contributed by atoms with van der Waals surface area (Å²) in [5.74, 6) is -0.581. The summed E-state index contributed by atoms with van der Waals surface area (Å²) in [6, 6.07) is 0. The Hall–Kier alpha value is -1.52. The molecule has 5 heteroatoms. The van der Waals surface area contributed by atoms with Crippen LogP contribution in [-0.2, 0) is 11.2 Å². The van der Waals surface area contributed by atoms with Crippen molar-refractivity contribution in [2.24, 2.45) is 0 Å². The minimum absolute atomic E-state index is 0.107. The van der Waals surface area contributed by atoms with Crippen LogP contribution >= 0.6 is 0 Å². The van der Waals surface area contributed by atoms with Crippen LogP contribution in [0.15, 0.2) is 4.79 Å². The number of carboxylic acids is 1. The highest BCUT2D eigenvalue weighted by Gasteiger charge is 2.23. The highest BCUT2D eigenvalue weighted by atomic mass is 16.4. The first-order valence-electron chi connectivity index (χ1n) is 5.19. The molecule has 0 aromatic carbocycles. The van der Waals surface area contributed by atoms with Crippen molar-refractivity contribution in [3.63, 3.8) is 0 Å². The number of hydrogen-bond donors (Lipinski definition) is 3. The number of aliphatic carboxylic acids is 1. The third-order valence-corrected chi connectivity index (χ3v) is 2.93. The van der Waals surface area contributed by atoms with Crippen molar-refractivity contribution >= 4 is 5.97 Å². The molecule has 0 spiro atoms. The van der Waals surface area contributed by atoms with E-state index in [4.69, 9.17) is 5.11 Å². The van der Waals surface area contributed by atoms with Gasteiger partial charge in [0.15, 0.2) is 0 Å². The van der Waals surface area contributed by atoms with Crippen molar-refractivity contribution in [2.45, 2.75) is 38.0 Å². The molecule has 2 rings (SSSR count). The summed E-state index contributed by atoms with van der Waals surface area (Å²) >= 11 is 0. The zero-order chi connectivity index (χ0) is 10.8. The summed E-state index contributed by atoms with van der Waals surface area (Å²) in [5.41, 5.74) is 1.05. The number of carboxylic acid groups (broad SMARTS) is 1. The van der Waals surface area contributed by atoms with Gasteiger partial charge >= 0.3 is 11.7 Å². The molecule has 1 saturated carbocycles. The number of rotatable bonds is 3. The maximum atomic E-state index is 11.1. The van der Waals surface area contributed by atoms with E-state index in [0.717, 1.165) is 31.4 Å². The van der Waals surface area contributed by atoms with E-state index in [2.05, 4.69) is 9.97 Å². The average Bonchev–Trinajstić information content (AvgIpc) is 2.72. The van der Waals surface area contributed by atoms with Gasteiger partial charge in [-0.3, -0.25) is 4.79 Å². The standard InChI is InChI=1S/C10H14N2O3/c13-8(14)5-7-9(12-10(15)11-7)6-3-1-2-4-6/h6H,1-5H2,(H,13,14)(H2,11,12,15). The highest BCUT2D eigenvalue weighted by Crippen LogP contribution is 2.33. The number of H-pyrrole nitrogens is 2. The molecule has 1 aromatic rings. The van der Waals surface area contributed by atoms with Crippen LogP contribution in [0.25, 0.3) is 0 Å². The monoisotopic (exact) mass is 210 g/mol. The van der Waals surface area contributed by atoms with Crippen molar-refractivity contribution in [1.82, 2.24) is 9.97 Å². The van der Waals surface area contributed by atoms with Crippen molar-refractivity contribution in [3.05, 3.63) is 21.9 Å². The highest BCUT2D eigenvalue weighted by molar-refractivity contribution is 5.69. The Morgan fingerprint density at radius 1 is 1.33 bits per heavy atom. The van der Waals surface area contributed by atoms with Gasteiger partial charge < -0.3 is 15.1 Å². The molecule has 15 heavy (non-hydrogen) atoms. The van der Waals surface area contributed by atoms with E-state index in [1.54, 1.807) is 0 Å². The van der Waals surface area contributed by atoms with Crippen LogP contribution in [0.5, 0.6) is 0 Å². The predicted molar refractivity (Wildman–Crippen MR) is 54.0 cm³/mol. The number of aromatic nitrogens is 2.